The molecule has 0 amide bonds. The summed E-state index contributed by atoms with van der Waals surface area (Å²) in [7, 11) is 4.01. The van der Waals surface area contributed by atoms with Crippen molar-refractivity contribution in [2.45, 2.75) is 66.7 Å². The van der Waals surface area contributed by atoms with Gasteiger partial charge in [0.25, 0.3) is 0 Å². The van der Waals surface area contributed by atoms with Gasteiger partial charge >= 0.3 is 5.97 Å². The second-order valence-electron chi connectivity index (χ2n) is 9.55. The zero-order valence-corrected chi connectivity index (χ0v) is 19.8. The van der Waals surface area contributed by atoms with Gasteiger partial charge in [-0.15, -0.1) is 0 Å². The van der Waals surface area contributed by atoms with Gasteiger partial charge in [-0.1, -0.05) is 75.1 Å². The fourth-order valence-corrected chi connectivity index (χ4v) is 4.05. The second-order valence-corrected chi connectivity index (χ2v) is 9.55. The Bertz CT molecular complexity index is 623. The molecule has 1 fully saturated rings. The summed E-state index contributed by atoms with van der Waals surface area (Å²) in [5.74, 6) is 1.28. The van der Waals surface area contributed by atoms with Crippen molar-refractivity contribution >= 4 is 5.97 Å². The Labute approximate surface area is 179 Å². The summed E-state index contributed by atoms with van der Waals surface area (Å²) in [5, 5.41) is 0. The number of esters is 1. The Morgan fingerprint density at radius 1 is 1.17 bits per heavy atom. The highest BCUT2D eigenvalue weighted by molar-refractivity contribution is 5.69. The Morgan fingerprint density at radius 2 is 1.90 bits per heavy atom. The molecule has 164 valence electrons. The van der Waals surface area contributed by atoms with Crippen LogP contribution in [0.3, 0.4) is 0 Å². The molecule has 2 unspecified atom stereocenters. The van der Waals surface area contributed by atoms with E-state index in [0.29, 0.717) is 24.4 Å². The van der Waals surface area contributed by atoms with Crippen molar-refractivity contribution in [2.24, 2.45) is 17.3 Å². The van der Waals surface area contributed by atoms with Crippen LogP contribution in [0.4, 0.5) is 0 Å². The van der Waals surface area contributed by atoms with E-state index in [1.165, 1.54) is 24.8 Å². The number of ether oxygens (including phenoxy) is 1. The predicted octanol–water partition coefficient (Wildman–Crippen LogP) is 6.34. The maximum atomic E-state index is 11.7. The smallest absolute Gasteiger partial charge is 0.306 e. The zero-order valence-electron chi connectivity index (χ0n) is 19.8. The number of allylic oxidation sites excluding steroid dienone is 7. The molecule has 0 heterocycles. The van der Waals surface area contributed by atoms with E-state index in [9.17, 15) is 4.79 Å². The minimum absolute atomic E-state index is 0.124. The third-order valence-corrected chi connectivity index (χ3v) is 5.92. The Balaban J connectivity index is 2.44. The molecule has 1 rings (SSSR count). The average molecular weight is 402 g/mol. The lowest BCUT2D eigenvalue weighted by Crippen LogP contribution is -2.32. The molecule has 0 bridgehead atoms. The summed E-state index contributed by atoms with van der Waals surface area (Å²) >= 11 is 0. The SMILES string of the molecule is CC(/C=C/C1C(C)CCCC1(C)C)=C\C=C\C(C)=C\COC(=O)CCCN(C)C. The number of nitrogens with zero attached hydrogens (tertiary/aromatic N) is 1. The summed E-state index contributed by atoms with van der Waals surface area (Å²) in [4.78, 5) is 13.7. The third kappa shape index (κ3) is 10.7. The van der Waals surface area contributed by atoms with E-state index in [-0.39, 0.29) is 5.97 Å². The van der Waals surface area contributed by atoms with E-state index in [0.717, 1.165) is 24.5 Å². The van der Waals surface area contributed by atoms with Crippen LogP contribution in [0.2, 0.25) is 0 Å². The van der Waals surface area contributed by atoms with Crippen molar-refractivity contribution in [3.63, 3.8) is 0 Å². The molecule has 0 spiro atoms. The highest BCUT2D eigenvalue weighted by Gasteiger charge is 2.34. The molecule has 3 heteroatoms. The van der Waals surface area contributed by atoms with E-state index < -0.39 is 0 Å². The molecule has 0 aromatic rings. The lowest BCUT2D eigenvalue weighted by Gasteiger charge is -2.41. The predicted molar refractivity (Wildman–Crippen MR) is 125 cm³/mol. The lowest BCUT2D eigenvalue weighted by atomic mass is 9.64. The molecule has 0 saturated heterocycles. The summed E-state index contributed by atoms with van der Waals surface area (Å²) in [5.41, 5.74) is 2.75. The summed E-state index contributed by atoms with van der Waals surface area (Å²) in [6, 6.07) is 0. The molecular weight excluding hydrogens is 358 g/mol. The van der Waals surface area contributed by atoms with Gasteiger partial charge in [-0.25, -0.2) is 0 Å². The average Bonchev–Trinajstić information content (AvgIpc) is 2.60. The normalized spacial score (nSPS) is 23.3. The van der Waals surface area contributed by atoms with E-state index >= 15 is 0 Å². The van der Waals surface area contributed by atoms with Crippen molar-refractivity contribution in [1.82, 2.24) is 4.90 Å². The first-order valence-corrected chi connectivity index (χ1v) is 11.1. The van der Waals surface area contributed by atoms with Crippen molar-refractivity contribution in [1.29, 1.82) is 0 Å². The number of carbonyl (C=O) groups excluding carboxylic acids is 1. The standard InChI is InChI=1S/C26H43NO2/c1-21(15-16-24-23(3)13-9-18-26(24,4)5)11-8-12-22(2)17-20-29-25(28)14-10-19-27(6)7/h8,11-12,15-17,23-24H,9-10,13-14,18-20H2,1-7H3/b12-8+,16-15+,21-11+,22-17+. The van der Waals surface area contributed by atoms with Gasteiger partial charge in [0.1, 0.15) is 6.61 Å². The monoisotopic (exact) mass is 401 g/mol. The van der Waals surface area contributed by atoms with Crippen LogP contribution < -0.4 is 0 Å². The van der Waals surface area contributed by atoms with Gasteiger partial charge < -0.3 is 9.64 Å². The van der Waals surface area contributed by atoms with Crippen LogP contribution in [-0.4, -0.2) is 38.1 Å². The van der Waals surface area contributed by atoms with E-state index in [1.54, 1.807) is 0 Å². The van der Waals surface area contributed by atoms with Crippen LogP contribution in [0.1, 0.15) is 66.7 Å². The van der Waals surface area contributed by atoms with Crippen LogP contribution in [0.5, 0.6) is 0 Å². The third-order valence-electron chi connectivity index (χ3n) is 5.92. The number of carbonyl (C=O) groups is 1. The van der Waals surface area contributed by atoms with Gasteiger partial charge in [-0.3, -0.25) is 4.79 Å². The lowest BCUT2D eigenvalue weighted by molar-refractivity contribution is -0.142. The number of hydrogen-bond acceptors (Lipinski definition) is 3. The zero-order chi connectivity index (χ0) is 21.9. The molecule has 1 aliphatic carbocycles. The van der Waals surface area contributed by atoms with E-state index in [2.05, 4.69) is 63.0 Å². The van der Waals surface area contributed by atoms with E-state index in [4.69, 9.17) is 4.74 Å². The van der Waals surface area contributed by atoms with Crippen molar-refractivity contribution in [3.05, 3.63) is 47.6 Å². The molecule has 0 N–H and O–H groups in total. The second kappa shape index (κ2) is 12.8. The first-order chi connectivity index (χ1) is 13.6. The van der Waals surface area contributed by atoms with Crippen LogP contribution in [0, 0.1) is 17.3 Å². The molecule has 3 nitrogen and oxygen atoms in total. The van der Waals surface area contributed by atoms with Gasteiger partial charge in [0.2, 0.25) is 0 Å². The molecule has 29 heavy (non-hydrogen) atoms. The minimum Gasteiger partial charge on any atom is -0.461 e. The van der Waals surface area contributed by atoms with Crippen molar-refractivity contribution in [2.75, 3.05) is 27.2 Å². The fraction of sp³-hybridized carbons (Fsp3) is 0.654. The topological polar surface area (TPSA) is 29.5 Å². The molecule has 1 aliphatic rings. The summed E-state index contributed by atoms with van der Waals surface area (Å²) < 4.78 is 5.26. The van der Waals surface area contributed by atoms with Crippen molar-refractivity contribution < 1.29 is 9.53 Å². The van der Waals surface area contributed by atoms with Gasteiger partial charge in [0.15, 0.2) is 0 Å². The molecule has 1 saturated carbocycles. The highest BCUT2D eigenvalue weighted by atomic mass is 16.5. The maximum Gasteiger partial charge on any atom is 0.306 e. The van der Waals surface area contributed by atoms with Crippen LogP contribution >= 0.6 is 0 Å². The molecule has 0 radical (unpaired) electrons. The Kier molecular flexibility index (Phi) is 11.3. The molecule has 0 aromatic carbocycles. The Hall–Kier alpha value is -1.61. The first-order valence-electron chi connectivity index (χ1n) is 11.1. The van der Waals surface area contributed by atoms with Crippen LogP contribution in [-0.2, 0) is 9.53 Å². The van der Waals surface area contributed by atoms with Gasteiger partial charge in [-0.2, -0.15) is 0 Å². The minimum atomic E-state index is -0.124. The maximum absolute atomic E-state index is 11.7. The molecular formula is C26H43NO2. The van der Waals surface area contributed by atoms with E-state index in [1.807, 2.05) is 27.1 Å². The number of rotatable bonds is 10. The number of hydrogen-bond donors (Lipinski definition) is 0. The first kappa shape index (κ1) is 25.4. The summed E-state index contributed by atoms with van der Waals surface area (Å²) in [6.07, 6.45) is 18.2. The fourth-order valence-electron chi connectivity index (χ4n) is 4.05. The van der Waals surface area contributed by atoms with Gasteiger partial charge in [-0.05, 0) is 70.7 Å². The Morgan fingerprint density at radius 3 is 2.55 bits per heavy atom. The van der Waals surface area contributed by atoms with Crippen LogP contribution in [0.15, 0.2) is 47.6 Å². The quantitative estimate of drug-likeness (QED) is 0.316. The van der Waals surface area contributed by atoms with Crippen molar-refractivity contribution in [3.8, 4) is 0 Å². The highest BCUT2D eigenvalue weighted by Crippen LogP contribution is 2.44. The van der Waals surface area contributed by atoms with Crippen LogP contribution in [0.25, 0.3) is 0 Å². The molecule has 0 aromatic heterocycles. The van der Waals surface area contributed by atoms with Gasteiger partial charge in [0, 0.05) is 6.42 Å². The molecule has 0 aliphatic heterocycles. The molecule has 2 atom stereocenters. The largest absolute Gasteiger partial charge is 0.461 e. The summed E-state index contributed by atoms with van der Waals surface area (Å²) in [6.45, 7) is 12.6. The van der Waals surface area contributed by atoms with Gasteiger partial charge in [0.05, 0.1) is 0 Å².